The van der Waals surface area contributed by atoms with Crippen LogP contribution in [0.5, 0.6) is 0 Å². The summed E-state index contributed by atoms with van der Waals surface area (Å²) in [4.78, 5) is 12.5. The molecule has 0 heterocycles. The maximum Gasteiger partial charge on any atom is 0.220 e. The SMILES string of the molecule is CC/C=C\C/C=C\C/C=C\C/C=C\C/C=C\C/C=C\C/C=C\C/C=C\C/C=C\C/C=C\CCCCCCCCC(=O)NC(CO)C(O)/C=C/CC/C=C/CCCCCCCCCCCCCCC. The highest BCUT2D eigenvalue weighted by molar-refractivity contribution is 5.76. The van der Waals surface area contributed by atoms with Gasteiger partial charge >= 0.3 is 0 Å². The fourth-order valence-electron chi connectivity index (χ4n) is 7.57. The van der Waals surface area contributed by atoms with Crippen LogP contribution in [0.2, 0.25) is 0 Å². The van der Waals surface area contributed by atoms with Crippen molar-refractivity contribution in [2.75, 3.05) is 6.61 Å². The van der Waals surface area contributed by atoms with Crippen LogP contribution in [-0.4, -0.2) is 34.9 Å². The predicted molar refractivity (Wildman–Crippen MR) is 303 cm³/mol. The Morgan fingerprint density at radius 1 is 0.368 bits per heavy atom. The number of carbonyl (C=O) groups excluding carboxylic acids is 1. The standard InChI is InChI=1S/C64H105NO3/c1-3-5-7-9-11-13-15-17-19-21-23-24-25-26-27-28-29-30-31-32-33-34-35-36-37-38-39-40-42-44-46-48-50-52-54-56-58-60-64(68)65-62(61-66)63(67)59-57-55-53-51-49-47-45-43-41-22-20-18-16-14-12-10-8-6-4-2/h5,7,11,13,17,19,23-24,26-27,29-30,32-33,35-36,38-39,42,44,49,51,57,59,62-63,66-67H,3-4,6,8-10,12,14-16,18,20-22,25,28,31,34,37,40-41,43,45-48,50,52-56,58,60-61H2,1-2H3,(H,65,68)/b7-5-,13-11-,19-17-,24-23-,27-26-,30-29-,33-32-,36-35-,39-38-,44-42-,51-49+,59-57+. The number of allylic oxidation sites excluding steroid dienone is 23. The first-order valence-corrected chi connectivity index (χ1v) is 28.0. The molecule has 0 rings (SSSR count). The number of carbonyl (C=O) groups is 1. The van der Waals surface area contributed by atoms with Crippen LogP contribution >= 0.6 is 0 Å². The monoisotopic (exact) mass is 936 g/mol. The summed E-state index contributed by atoms with van der Waals surface area (Å²) in [5, 5.41) is 23.1. The second-order valence-electron chi connectivity index (χ2n) is 18.3. The van der Waals surface area contributed by atoms with Gasteiger partial charge in [0.05, 0.1) is 18.8 Å². The zero-order valence-corrected chi connectivity index (χ0v) is 44.1. The van der Waals surface area contributed by atoms with E-state index < -0.39 is 12.1 Å². The molecule has 0 aliphatic rings. The second-order valence-corrected chi connectivity index (χ2v) is 18.3. The van der Waals surface area contributed by atoms with Gasteiger partial charge in [-0.3, -0.25) is 4.79 Å². The Morgan fingerprint density at radius 3 is 1.03 bits per heavy atom. The summed E-state index contributed by atoms with van der Waals surface area (Å²) in [6.45, 7) is 4.17. The van der Waals surface area contributed by atoms with Gasteiger partial charge in [0.2, 0.25) is 5.91 Å². The third kappa shape index (κ3) is 53.2. The molecule has 3 N–H and O–H groups in total. The minimum absolute atomic E-state index is 0.0941. The molecule has 0 aromatic heterocycles. The Bertz CT molecular complexity index is 1430. The zero-order valence-electron chi connectivity index (χ0n) is 44.1. The third-order valence-electron chi connectivity index (χ3n) is 11.8. The summed E-state index contributed by atoms with van der Waals surface area (Å²) in [5.41, 5.74) is 0. The highest BCUT2D eigenvalue weighted by atomic mass is 16.3. The predicted octanol–water partition coefficient (Wildman–Crippen LogP) is 18.8. The van der Waals surface area contributed by atoms with Crippen molar-refractivity contribution in [3.05, 3.63) is 146 Å². The average molecular weight is 937 g/mol. The second kappa shape index (κ2) is 57.6. The molecular weight excluding hydrogens is 831 g/mol. The average Bonchev–Trinajstić information content (AvgIpc) is 3.34. The molecule has 2 atom stereocenters. The summed E-state index contributed by atoms with van der Waals surface area (Å²) >= 11 is 0. The Morgan fingerprint density at radius 2 is 0.662 bits per heavy atom. The first kappa shape index (κ1) is 64.3. The first-order valence-electron chi connectivity index (χ1n) is 28.0. The summed E-state index contributed by atoms with van der Waals surface area (Å²) < 4.78 is 0. The molecule has 0 fully saturated rings. The maximum absolute atomic E-state index is 12.5. The van der Waals surface area contributed by atoms with Crippen molar-refractivity contribution in [2.24, 2.45) is 0 Å². The highest BCUT2D eigenvalue weighted by Gasteiger charge is 2.17. The Kier molecular flexibility index (Phi) is 54.4. The van der Waals surface area contributed by atoms with Gasteiger partial charge in [-0.15, -0.1) is 0 Å². The summed E-state index contributed by atoms with van der Waals surface area (Å²) in [7, 11) is 0. The summed E-state index contributed by atoms with van der Waals surface area (Å²) in [6, 6.07) is -0.658. The molecule has 2 unspecified atom stereocenters. The van der Waals surface area contributed by atoms with Gasteiger partial charge in [0.25, 0.3) is 0 Å². The first-order chi connectivity index (χ1) is 33.7. The van der Waals surface area contributed by atoms with Gasteiger partial charge in [0.15, 0.2) is 0 Å². The van der Waals surface area contributed by atoms with E-state index in [1.807, 2.05) is 6.08 Å². The molecule has 0 radical (unpaired) electrons. The van der Waals surface area contributed by atoms with Crippen LogP contribution in [0, 0.1) is 0 Å². The van der Waals surface area contributed by atoms with Gasteiger partial charge in [-0.05, 0) is 109 Å². The van der Waals surface area contributed by atoms with Crippen LogP contribution < -0.4 is 5.32 Å². The van der Waals surface area contributed by atoms with Gasteiger partial charge in [-0.2, -0.15) is 0 Å². The molecule has 1 amide bonds. The topological polar surface area (TPSA) is 69.6 Å². The molecule has 4 heteroatoms. The third-order valence-corrected chi connectivity index (χ3v) is 11.8. The number of aliphatic hydroxyl groups is 2. The number of aliphatic hydroxyl groups excluding tert-OH is 2. The van der Waals surface area contributed by atoms with E-state index in [1.54, 1.807) is 6.08 Å². The lowest BCUT2D eigenvalue weighted by atomic mass is 10.0. The fraction of sp³-hybridized carbons (Fsp3) is 0.609. The van der Waals surface area contributed by atoms with E-state index in [0.717, 1.165) is 109 Å². The van der Waals surface area contributed by atoms with E-state index >= 15 is 0 Å². The Hall–Kier alpha value is -3.73. The van der Waals surface area contributed by atoms with Crippen molar-refractivity contribution in [2.45, 2.75) is 244 Å². The van der Waals surface area contributed by atoms with Crippen LogP contribution in [0.15, 0.2) is 146 Å². The molecule has 0 aromatic carbocycles. The molecule has 0 spiro atoms. The zero-order chi connectivity index (χ0) is 49.2. The highest BCUT2D eigenvalue weighted by Crippen LogP contribution is 2.14. The van der Waals surface area contributed by atoms with E-state index in [4.69, 9.17) is 0 Å². The lowest BCUT2D eigenvalue weighted by molar-refractivity contribution is -0.123. The van der Waals surface area contributed by atoms with Gasteiger partial charge in [-0.25, -0.2) is 0 Å². The summed E-state index contributed by atoms with van der Waals surface area (Å²) in [6.07, 6.45) is 91.4. The number of rotatable bonds is 49. The van der Waals surface area contributed by atoms with Gasteiger partial charge < -0.3 is 15.5 Å². The Labute approximate surface area is 421 Å². The van der Waals surface area contributed by atoms with Crippen LogP contribution in [0.1, 0.15) is 232 Å². The smallest absolute Gasteiger partial charge is 0.220 e. The molecule has 0 bridgehead atoms. The van der Waals surface area contributed by atoms with Crippen molar-refractivity contribution in [1.82, 2.24) is 5.32 Å². The van der Waals surface area contributed by atoms with E-state index in [-0.39, 0.29) is 12.5 Å². The Balaban J connectivity index is 3.69. The van der Waals surface area contributed by atoms with Gasteiger partial charge in [-0.1, -0.05) is 262 Å². The molecule has 0 aliphatic carbocycles. The molecule has 0 aliphatic heterocycles. The quantitative estimate of drug-likeness (QED) is 0.0420. The van der Waals surface area contributed by atoms with Crippen LogP contribution in [0.25, 0.3) is 0 Å². The van der Waals surface area contributed by atoms with Crippen molar-refractivity contribution in [3.8, 4) is 0 Å². The molecule has 68 heavy (non-hydrogen) atoms. The van der Waals surface area contributed by atoms with Crippen molar-refractivity contribution in [1.29, 1.82) is 0 Å². The van der Waals surface area contributed by atoms with Crippen LogP contribution in [0.4, 0.5) is 0 Å². The lowest BCUT2D eigenvalue weighted by Gasteiger charge is -2.19. The molecule has 384 valence electrons. The maximum atomic E-state index is 12.5. The molecule has 0 saturated carbocycles. The van der Waals surface area contributed by atoms with E-state index in [0.29, 0.717) is 6.42 Å². The number of hydrogen-bond acceptors (Lipinski definition) is 3. The number of unbranched alkanes of at least 4 members (excludes halogenated alkanes) is 20. The van der Waals surface area contributed by atoms with Crippen molar-refractivity contribution < 1.29 is 15.0 Å². The fourth-order valence-corrected chi connectivity index (χ4v) is 7.57. The van der Waals surface area contributed by atoms with E-state index in [1.165, 1.54) is 103 Å². The largest absolute Gasteiger partial charge is 0.394 e. The van der Waals surface area contributed by atoms with Crippen molar-refractivity contribution in [3.63, 3.8) is 0 Å². The minimum Gasteiger partial charge on any atom is -0.394 e. The number of nitrogens with one attached hydrogen (secondary N) is 1. The van der Waals surface area contributed by atoms with E-state index in [9.17, 15) is 15.0 Å². The number of hydrogen-bond donors (Lipinski definition) is 3. The van der Waals surface area contributed by atoms with Crippen molar-refractivity contribution >= 4 is 5.91 Å². The van der Waals surface area contributed by atoms with Crippen LogP contribution in [0.3, 0.4) is 0 Å². The lowest BCUT2D eigenvalue weighted by Crippen LogP contribution is -2.45. The molecule has 4 nitrogen and oxygen atoms in total. The van der Waals surface area contributed by atoms with Gasteiger partial charge in [0, 0.05) is 6.42 Å². The van der Waals surface area contributed by atoms with Crippen LogP contribution in [-0.2, 0) is 4.79 Å². The molecular formula is C64H105NO3. The normalized spacial score (nSPS) is 14.0. The van der Waals surface area contributed by atoms with E-state index in [2.05, 4.69) is 153 Å². The molecule has 0 saturated heterocycles. The number of amides is 1. The molecule has 0 aromatic rings. The van der Waals surface area contributed by atoms with Gasteiger partial charge in [0.1, 0.15) is 0 Å². The minimum atomic E-state index is -0.879. The summed E-state index contributed by atoms with van der Waals surface area (Å²) in [5.74, 6) is -0.0941.